The maximum Gasteiger partial charge on any atom is 0.0971 e. The van der Waals surface area contributed by atoms with Gasteiger partial charge < -0.3 is 4.74 Å². The molecular formula is C7H16OS. The van der Waals surface area contributed by atoms with Crippen molar-refractivity contribution < 1.29 is 4.74 Å². The zero-order chi connectivity index (χ0) is 7.28. The fourth-order valence-electron chi connectivity index (χ4n) is 0.421. The highest BCUT2D eigenvalue weighted by Crippen LogP contribution is 2.04. The van der Waals surface area contributed by atoms with Crippen LogP contribution in [0.25, 0.3) is 0 Å². The molecule has 0 aliphatic rings. The summed E-state index contributed by atoms with van der Waals surface area (Å²) in [4.78, 5) is 0. The van der Waals surface area contributed by atoms with Crippen LogP contribution in [0.15, 0.2) is 0 Å². The SMILES string of the molecule is CCC(C)COC(C)S. The molecule has 0 saturated heterocycles. The molecule has 2 unspecified atom stereocenters. The Morgan fingerprint density at radius 2 is 2.00 bits per heavy atom. The average molecular weight is 148 g/mol. The average Bonchev–Trinajstić information content (AvgIpc) is 1.83. The smallest absolute Gasteiger partial charge is 0.0971 e. The standard InChI is InChI=1S/C7H16OS/c1-4-6(2)5-8-7(3)9/h6-7,9H,4-5H2,1-3H3. The largest absolute Gasteiger partial charge is 0.368 e. The summed E-state index contributed by atoms with van der Waals surface area (Å²) < 4.78 is 5.26. The highest BCUT2D eigenvalue weighted by Gasteiger charge is 1.99. The van der Waals surface area contributed by atoms with Crippen molar-refractivity contribution in [3.63, 3.8) is 0 Å². The van der Waals surface area contributed by atoms with Gasteiger partial charge in [0.15, 0.2) is 0 Å². The minimum atomic E-state index is 0.0824. The molecule has 0 aromatic carbocycles. The van der Waals surface area contributed by atoms with E-state index >= 15 is 0 Å². The van der Waals surface area contributed by atoms with Crippen LogP contribution in [0.5, 0.6) is 0 Å². The van der Waals surface area contributed by atoms with Crippen molar-refractivity contribution in [3.8, 4) is 0 Å². The Labute approximate surface area is 63.2 Å². The van der Waals surface area contributed by atoms with Crippen LogP contribution < -0.4 is 0 Å². The Morgan fingerprint density at radius 3 is 2.33 bits per heavy atom. The van der Waals surface area contributed by atoms with Gasteiger partial charge in [0.2, 0.25) is 0 Å². The summed E-state index contributed by atoms with van der Waals surface area (Å²) in [6, 6.07) is 0. The first-order valence-corrected chi connectivity index (χ1v) is 3.98. The third-order valence-electron chi connectivity index (χ3n) is 1.32. The number of rotatable bonds is 4. The lowest BCUT2D eigenvalue weighted by molar-refractivity contribution is 0.0953. The van der Waals surface area contributed by atoms with Crippen LogP contribution in [0.1, 0.15) is 27.2 Å². The monoisotopic (exact) mass is 148 g/mol. The minimum Gasteiger partial charge on any atom is -0.368 e. The fraction of sp³-hybridized carbons (Fsp3) is 1.00. The number of hydrogen-bond donors (Lipinski definition) is 1. The van der Waals surface area contributed by atoms with Crippen molar-refractivity contribution in [3.05, 3.63) is 0 Å². The molecule has 0 aliphatic heterocycles. The van der Waals surface area contributed by atoms with Gasteiger partial charge in [-0.3, -0.25) is 0 Å². The van der Waals surface area contributed by atoms with E-state index in [1.54, 1.807) is 0 Å². The summed E-state index contributed by atoms with van der Waals surface area (Å²) in [5.74, 6) is 0.666. The van der Waals surface area contributed by atoms with Gasteiger partial charge >= 0.3 is 0 Å². The molecule has 9 heavy (non-hydrogen) atoms. The van der Waals surface area contributed by atoms with Gasteiger partial charge in [-0.25, -0.2) is 0 Å². The van der Waals surface area contributed by atoms with Crippen molar-refractivity contribution >= 4 is 12.6 Å². The molecule has 0 amide bonds. The topological polar surface area (TPSA) is 9.23 Å². The van der Waals surface area contributed by atoms with Gasteiger partial charge in [-0.2, -0.15) is 0 Å². The summed E-state index contributed by atoms with van der Waals surface area (Å²) in [6.07, 6.45) is 1.18. The van der Waals surface area contributed by atoms with E-state index in [1.165, 1.54) is 6.42 Å². The van der Waals surface area contributed by atoms with Crippen LogP contribution in [0, 0.1) is 5.92 Å². The van der Waals surface area contributed by atoms with E-state index in [0.717, 1.165) is 6.61 Å². The molecule has 1 nitrogen and oxygen atoms in total. The Bertz CT molecular complexity index is 63.9. The minimum absolute atomic E-state index is 0.0824. The van der Waals surface area contributed by atoms with Crippen LogP contribution in [0.2, 0.25) is 0 Å². The van der Waals surface area contributed by atoms with Gasteiger partial charge in [0.1, 0.15) is 0 Å². The van der Waals surface area contributed by atoms with Crippen molar-refractivity contribution in [2.24, 2.45) is 5.92 Å². The van der Waals surface area contributed by atoms with E-state index in [2.05, 4.69) is 26.5 Å². The fourth-order valence-corrected chi connectivity index (χ4v) is 0.507. The summed E-state index contributed by atoms with van der Waals surface area (Å²) in [5.41, 5.74) is 0.0824. The van der Waals surface area contributed by atoms with Crippen LogP contribution in [0.3, 0.4) is 0 Å². The molecule has 0 rings (SSSR count). The van der Waals surface area contributed by atoms with E-state index in [9.17, 15) is 0 Å². The third kappa shape index (κ3) is 6.19. The highest BCUT2D eigenvalue weighted by atomic mass is 32.1. The predicted octanol–water partition coefficient (Wildman–Crippen LogP) is 2.32. The van der Waals surface area contributed by atoms with E-state index in [-0.39, 0.29) is 5.44 Å². The molecule has 0 radical (unpaired) electrons. The lowest BCUT2D eigenvalue weighted by Crippen LogP contribution is -2.08. The molecular weight excluding hydrogens is 132 g/mol. The Balaban J connectivity index is 3.06. The maximum absolute atomic E-state index is 5.26. The van der Waals surface area contributed by atoms with Crippen molar-refractivity contribution in [2.75, 3.05) is 6.61 Å². The molecule has 0 fully saturated rings. The van der Waals surface area contributed by atoms with Gasteiger partial charge in [-0.15, -0.1) is 12.6 Å². The lowest BCUT2D eigenvalue weighted by atomic mass is 10.1. The van der Waals surface area contributed by atoms with Crippen molar-refractivity contribution in [1.82, 2.24) is 0 Å². The Kier molecular flexibility index (Phi) is 5.30. The highest BCUT2D eigenvalue weighted by molar-refractivity contribution is 7.80. The Hall–Kier alpha value is 0.310. The first-order chi connectivity index (χ1) is 4.16. The first-order valence-electron chi connectivity index (χ1n) is 3.46. The molecule has 0 saturated carbocycles. The predicted molar refractivity (Wildman–Crippen MR) is 43.9 cm³/mol. The van der Waals surface area contributed by atoms with Gasteiger partial charge in [0.25, 0.3) is 0 Å². The van der Waals surface area contributed by atoms with E-state index in [1.807, 2.05) is 6.92 Å². The van der Waals surface area contributed by atoms with E-state index in [4.69, 9.17) is 4.74 Å². The van der Waals surface area contributed by atoms with Gasteiger partial charge in [-0.05, 0) is 12.8 Å². The number of ether oxygens (including phenoxy) is 1. The summed E-state index contributed by atoms with van der Waals surface area (Å²) in [7, 11) is 0. The summed E-state index contributed by atoms with van der Waals surface area (Å²) >= 11 is 4.09. The molecule has 0 aromatic heterocycles. The second kappa shape index (κ2) is 5.12. The zero-order valence-electron chi connectivity index (χ0n) is 6.42. The molecule has 0 bridgehead atoms. The van der Waals surface area contributed by atoms with Crippen LogP contribution in [0.4, 0.5) is 0 Å². The third-order valence-corrected chi connectivity index (χ3v) is 1.47. The van der Waals surface area contributed by atoms with Gasteiger partial charge in [0, 0.05) is 0 Å². The summed E-state index contributed by atoms with van der Waals surface area (Å²) in [6.45, 7) is 7.11. The van der Waals surface area contributed by atoms with Crippen LogP contribution in [-0.4, -0.2) is 12.0 Å². The van der Waals surface area contributed by atoms with E-state index in [0.29, 0.717) is 5.92 Å². The molecule has 56 valence electrons. The van der Waals surface area contributed by atoms with Gasteiger partial charge in [0.05, 0.1) is 12.0 Å². The van der Waals surface area contributed by atoms with Crippen LogP contribution >= 0.6 is 12.6 Å². The maximum atomic E-state index is 5.26. The van der Waals surface area contributed by atoms with Gasteiger partial charge in [-0.1, -0.05) is 20.3 Å². The summed E-state index contributed by atoms with van der Waals surface area (Å²) in [5, 5.41) is 0. The molecule has 0 aromatic rings. The molecule has 0 aliphatic carbocycles. The normalized spacial score (nSPS) is 17.3. The lowest BCUT2D eigenvalue weighted by Gasteiger charge is -2.10. The van der Waals surface area contributed by atoms with Crippen molar-refractivity contribution in [1.29, 1.82) is 0 Å². The number of thiol groups is 1. The Morgan fingerprint density at radius 1 is 1.44 bits per heavy atom. The molecule has 0 spiro atoms. The first kappa shape index (κ1) is 9.31. The zero-order valence-corrected chi connectivity index (χ0v) is 7.32. The second-order valence-electron chi connectivity index (χ2n) is 2.45. The van der Waals surface area contributed by atoms with E-state index < -0.39 is 0 Å². The molecule has 2 heteroatoms. The van der Waals surface area contributed by atoms with Crippen molar-refractivity contribution in [2.45, 2.75) is 32.6 Å². The van der Waals surface area contributed by atoms with Crippen LogP contribution in [-0.2, 0) is 4.74 Å². The quantitative estimate of drug-likeness (QED) is 0.475. The number of hydrogen-bond acceptors (Lipinski definition) is 2. The second-order valence-corrected chi connectivity index (χ2v) is 3.17. The molecule has 0 heterocycles. The molecule has 0 N–H and O–H groups in total. The molecule has 2 atom stereocenters.